The van der Waals surface area contributed by atoms with Crippen molar-refractivity contribution < 1.29 is 4.79 Å². The number of amides is 1. The van der Waals surface area contributed by atoms with Crippen LogP contribution in [-0.4, -0.2) is 30.4 Å². The average molecular weight is 221 g/mol. The molecule has 1 atom stereocenters. The van der Waals surface area contributed by atoms with E-state index in [0.29, 0.717) is 0 Å². The predicted octanol–water partition coefficient (Wildman–Crippen LogP) is 1.41. The number of piperidine rings is 1. The minimum absolute atomic E-state index is 0. The Bertz CT molecular complexity index is 176. The highest BCUT2D eigenvalue weighted by Gasteiger charge is 2.22. The Labute approximate surface area is 92.4 Å². The SMILES string of the molecule is CCCCN1CCCC(C(N)=O)C1.Cl. The van der Waals surface area contributed by atoms with Crippen molar-refractivity contribution >= 4 is 18.3 Å². The van der Waals surface area contributed by atoms with Crippen LogP contribution in [0.4, 0.5) is 0 Å². The molecule has 1 unspecified atom stereocenters. The van der Waals surface area contributed by atoms with Gasteiger partial charge in [-0.2, -0.15) is 0 Å². The van der Waals surface area contributed by atoms with Gasteiger partial charge in [-0.3, -0.25) is 4.79 Å². The highest BCUT2D eigenvalue weighted by molar-refractivity contribution is 5.85. The monoisotopic (exact) mass is 220 g/mol. The Hall–Kier alpha value is -0.280. The number of nitrogens with two attached hydrogens (primary N) is 1. The van der Waals surface area contributed by atoms with Gasteiger partial charge in [-0.15, -0.1) is 12.4 Å². The van der Waals surface area contributed by atoms with Gasteiger partial charge in [-0.25, -0.2) is 0 Å². The van der Waals surface area contributed by atoms with Crippen molar-refractivity contribution in [3.63, 3.8) is 0 Å². The third-order valence-corrected chi connectivity index (χ3v) is 2.74. The van der Waals surface area contributed by atoms with E-state index in [1.807, 2.05) is 0 Å². The second-order valence-corrected chi connectivity index (χ2v) is 3.90. The fraction of sp³-hybridized carbons (Fsp3) is 0.900. The molecule has 2 N–H and O–H groups in total. The zero-order chi connectivity index (χ0) is 9.68. The maximum absolute atomic E-state index is 11.0. The number of likely N-dealkylation sites (tertiary alicyclic amines) is 1. The Kier molecular flexibility index (Phi) is 6.93. The van der Waals surface area contributed by atoms with E-state index in [4.69, 9.17) is 5.73 Å². The summed E-state index contributed by atoms with van der Waals surface area (Å²) >= 11 is 0. The van der Waals surface area contributed by atoms with Crippen LogP contribution in [0.15, 0.2) is 0 Å². The number of carbonyl (C=O) groups is 1. The van der Waals surface area contributed by atoms with Crippen molar-refractivity contribution in [3.05, 3.63) is 0 Å². The van der Waals surface area contributed by atoms with E-state index in [1.165, 1.54) is 12.8 Å². The van der Waals surface area contributed by atoms with Crippen LogP contribution < -0.4 is 5.73 Å². The highest BCUT2D eigenvalue weighted by atomic mass is 35.5. The number of halogens is 1. The zero-order valence-corrected chi connectivity index (χ0v) is 9.68. The van der Waals surface area contributed by atoms with Gasteiger partial charge < -0.3 is 10.6 Å². The molecule has 1 aliphatic heterocycles. The van der Waals surface area contributed by atoms with E-state index in [2.05, 4.69) is 11.8 Å². The lowest BCUT2D eigenvalue weighted by atomic mass is 9.97. The summed E-state index contributed by atoms with van der Waals surface area (Å²) in [6.07, 6.45) is 4.55. The van der Waals surface area contributed by atoms with Crippen molar-refractivity contribution in [2.75, 3.05) is 19.6 Å². The van der Waals surface area contributed by atoms with E-state index < -0.39 is 0 Å². The molecule has 1 aliphatic rings. The molecule has 3 nitrogen and oxygen atoms in total. The van der Waals surface area contributed by atoms with Crippen LogP contribution in [0.2, 0.25) is 0 Å². The minimum atomic E-state index is -0.124. The van der Waals surface area contributed by atoms with Crippen LogP contribution >= 0.6 is 12.4 Å². The van der Waals surface area contributed by atoms with E-state index in [0.717, 1.165) is 32.5 Å². The van der Waals surface area contributed by atoms with Gasteiger partial charge in [0.1, 0.15) is 0 Å². The molecule has 14 heavy (non-hydrogen) atoms. The molecule has 0 bridgehead atoms. The van der Waals surface area contributed by atoms with Gasteiger partial charge in [0, 0.05) is 6.54 Å². The van der Waals surface area contributed by atoms with Crippen LogP contribution in [0.3, 0.4) is 0 Å². The first-order chi connectivity index (χ1) is 6.24. The van der Waals surface area contributed by atoms with Crippen LogP contribution in [-0.2, 0) is 4.79 Å². The number of carbonyl (C=O) groups excluding carboxylic acids is 1. The Morgan fingerprint density at radius 2 is 2.29 bits per heavy atom. The van der Waals surface area contributed by atoms with Crippen LogP contribution in [0, 0.1) is 5.92 Å². The number of primary amides is 1. The second kappa shape index (κ2) is 7.07. The number of hydrogen-bond donors (Lipinski definition) is 1. The van der Waals surface area contributed by atoms with Gasteiger partial charge in [-0.05, 0) is 32.4 Å². The largest absolute Gasteiger partial charge is 0.369 e. The molecule has 1 fully saturated rings. The van der Waals surface area contributed by atoms with E-state index in [1.54, 1.807) is 0 Å². The van der Waals surface area contributed by atoms with Gasteiger partial charge in [-0.1, -0.05) is 13.3 Å². The Balaban J connectivity index is 0.00000169. The van der Waals surface area contributed by atoms with E-state index in [9.17, 15) is 4.79 Å². The predicted molar refractivity (Wildman–Crippen MR) is 60.5 cm³/mol. The molecule has 0 radical (unpaired) electrons. The topological polar surface area (TPSA) is 46.3 Å². The van der Waals surface area contributed by atoms with Gasteiger partial charge in [0.2, 0.25) is 5.91 Å². The summed E-state index contributed by atoms with van der Waals surface area (Å²) in [5.74, 6) is -0.0215. The average Bonchev–Trinajstić information content (AvgIpc) is 2.15. The zero-order valence-electron chi connectivity index (χ0n) is 8.87. The summed E-state index contributed by atoms with van der Waals surface area (Å²) in [6.45, 7) is 5.34. The van der Waals surface area contributed by atoms with Gasteiger partial charge >= 0.3 is 0 Å². The third-order valence-electron chi connectivity index (χ3n) is 2.74. The molecule has 1 amide bonds. The van der Waals surface area contributed by atoms with Crippen molar-refractivity contribution in [1.29, 1.82) is 0 Å². The second-order valence-electron chi connectivity index (χ2n) is 3.90. The molecule has 1 heterocycles. The molecule has 0 spiro atoms. The molecule has 1 rings (SSSR count). The number of nitrogens with zero attached hydrogens (tertiary/aromatic N) is 1. The highest BCUT2D eigenvalue weighted by Crippen LogP contribution is 2.16. The number of unbranched alkanes of at least 4 members (excludes halogenated alkanes) is 1. The molecular formula is C10H21ClN2O. The van der Waals surface area contributed by atoms with Gasteiger partial charge in [0.05, 0.1) is 5.92 Å². The summed E-state index contributed by atoms with van der Waals surface area (Å²) < 4.78 is 0. The smallest absolute Gasteiger partial charge is 0.221 e. The standard InChI is InChI=1S/C10H20N2O.ClH/c1-2-3-6-12-7-4-5-9(8-12)10(11)13;/h9H,2-8H2,1H3,(H2,11,13);1H. The first-order valence-electron chi connectivity index (χ1n) is 5.25. The maximum atomic E-state index is 11.0. The summed E-state index contributed by atoms with van der Waals surface area (Å²) in [4.78, 5) is 13.3. The maximum Gasteiger partial charge on any atom is 0.221 e. The molecule has 0 aromatic rings. The Morgan fingerprint density at radius 3 is 2.86 bits per heavy atom. The van der Waals surface area contributed by atoms with Crippen LogP contribution in [0.25, 0.3) is 0 Å². The van der Waals surface area contributed by atoms with E-state index >= 15 is 0 Å². The number of rotatable bonds is 4. The summed E-state index contributed by atoms with van der Waals surface area (Å²) in [7, 11) is 0. The summed E-state index contributed by atoms with van der Waals surface area (Å²) in [5, 5.41) is 0. The third kappa shape index (κ3) is 4.29. The van der Waals surface area contributed by atoms with Crippen molar-refractivity contribution in [1.82, 2.24) is 4.90 Å². The first-order valence-corrected chi connectivity index (χ1v) is 5.25. The fourth-order valence-electron chi connectivity index (χ4n) is 1.87. The molecule has 84 valence electrons. The lowest BCUT2D eigenvalue weighted by Gasteiger charge is -2.30. The van der Waals surface area contributed by atoms with Crippen LogP contribution in [0.5, 0.6) is 0 Å². The normalized spacial score (nSPS) is 22.8. The lowest BCUT2D eigenvalue weighted by Crippen LogP contribution is -2.41. The van der Waals surface area contributed by atoms with Crippen molar-refractivity contribution in [3.8, 4) is 0 Å². The molecule has 0 aliphatic carbocycles. The quantitative estimate of drug-likeness (QED) is 0.779. The lowest BCUT2D eigenvalue weighted by molar-refractivity contribution is -0.123. The summed E-state index contributed by atoms with van der Waals surface area (Å²) in [5.41, 5.74) is 5.29. The molecule has 0 aromatic heterocycles. The Morgan fingerprint density at radius 1 is 1.57 bits per heavy atom. The summed E-state index contributed by atoms with van der Waals surface area (Å²) in [6, 6.07) is 0. The van der Waals surface area contributed by atoms with Gasteiger partial charge in [0.25, 0.3) is 0 Å². The fourth-order valence-corrected chi connectivity index (χ4v) is 1.87. The van der Waals surface area contributed by atoms with Gasteiger partial charge in [0.15, 0.2) is 0 Å². The molecular weight excluding hydrogens is 200 g/mol. The molecule has 4 heteroatoms. The number of hydrogen-bond acceptors (Lipinski definition) is 2. The minimum Gasteiger partial charge on any atom is -0.369 e. The first kappa shape index (κ1) is 13.7. The van der Waals surface area contributed by atoms with Crippen LogP contribution in [0.1, 0.15) is 32.6 Å². The van der Waals surface area contributed by atoms with Crippen molar-refractivity contribution in [2.45, 2.75) is 32.6 Å². The van der Waals surface area contributed by atoms with Crippen molar-refractivity contribution in [2.24, 2.45) is 11.7 Å². The molecule has 0 aromatic carbocycles. The molecule has 1 saturated heterocycles. The van der Waals surface area contributed by atoms with E-state index in [-0.39, 0.29) is 24.2 Å². The molecule has 0 saturated carbocycles.